The maximum absolute atomic E-state index is 12.9. The van der Waals surface area contributed by atoms with Gasteiger partial charge in [-0.25, -0.2) is 4.39 Å². The van der Waals surface area contributed by atoms with E-state index in [2.05, 4.69) is 15.5 Å². The van der Waals surface area contributed by atoms with E-state index in [1.54, 1.807) is 29.7 Å². The second kappa shape index (κ2) is 8.21. The van der Waals surface area contributed by atoms with Crippen molar-refractivity contribution in [2.75, 3.05) is 6.54 Å². The van der Waals surface area contributed by atoms with Crippen LogP contribution in [0.2, 0.25) is 0 Å². The molecule has 122 valence electrons. The number of rotatable bonds is 6. The van der Waals surface area contributed by atoms with Gasteiger partial charge in [0, 0.05) is 18.7 Å². The number of aromatic amines is 1. The van der Waals surface area contributed by atoms with Crippen molar-refractivity contribution >= 4 is 23.7 Å². The van der Waals surface area contributed by atoms with Crippen molar-refractivity contribution in [2.45, 2.75) is 12.6 Å². The van der Waals surface area contributed by atoms with Crippen molar-refractivity contribution in [2.24, 2.45) is 0 Å². The Hall–Kier alpha value is -1.73. The van der Waals surface area contributed by atoms with Crippen molar-refractivity contribution in [3.8, 4) is 10.6 Å². The first-order valence-corrected chi connectivity index (χ1v) is 7.82. The lowest BCUT2D eigenvalue weighted by Crippen LogP contribution is -2.21. The van der Waals surface area contributed by atoms with Gasteiger partial charge in [0.15, 0.2) is 0 Å². The summed E-state index contributed by atoms with van der Waals surface area (Å²) in [5, 5.41) is 22.4. The molecule has 0 spiro atoms. The summed E-state index contributed by atoms with van der Waals surface area (Å²) in [6, 6.07) is 9.92. The summed E-state index contributed by atoms with van der Waals surface area (Å²) in [5.41, 5.74) is 2.74. The molecular weight excluding hydrogens is 337 g/mol. The standard InChI is InChI=1S/C16H16FN3OS.ClH/c17-13-5-3-11(4-6-13)14(21)10-18-8-12-9-19-20-16(12)15-2-1-7-22-15;/h1-7,9,14,18,21H,8,10H2,(H,19,20);1H. The van der Waals surface area contributed by atoms with Gasteiger partial charge in [-0.2, -0.15) is 5.10 Å². The quantitative estimate of drug-likeness (QED) is 0.635. The summed E-state index contributed by atoms with van der Waals surface area (Å²) in [7, 11) is 0. The zero-order valence-corrected chi connectivity index (χ0v) is 13.8. The molecule has 0 radical (unpaired) electrons. The molecule has 0 aliphatic carbocycles. The Morgan fingerprint density at radius 3 is 2.74 bits per heavy atom. The van der Waals surface area contributed by atoms with Gasteiger partial charge in [-0.1, -0.05) is 18.2 Å². The van der Waals surface area contributed by atoms with Crippen molar-refractivity contribution in [1.82, 2.24) is 15.5 Å². The molecule has 0 aliphatic heterocycles. The molecule has 1 aromatic carbocycles. The summed E-state index contributed by atoms with van der Waals surface area (Å²) < 4.78 is 12.9. The monoisotopic (exact) mass is 353 g/mol. The number of H-pyrrole nitrogens is 1. The van der Waals surface area contributed by atoms with Crippen LogP contribution in [0.5, 0.6) is 0 Å². The van der Waals surface area contributed by atoms with Gasteiger partial charge >= 0.3 is 0 Å². The number of aromatic nitrogens is 2. The third kappa shape index (κ3) is 4.39. The molecule has 7 heteroatoms. The minimum Gasteiger partial charge on any atom is -0.387 e. The highest BCUT2D eigenvalue weighted by Crippen LogP contribution is 2.25. The molecule has 0 amide bonds. The highest BCUT2D eigenvalue weighted by atomic mass is 35.5. The third-order valence-corrected chi connectivity index (χ3v) is 4.28. The Balaban J connectivity index is 0.00000192. The molecular formula is C16H17ClFN3OS. The summed E-state index contributed by atoms with van der Waals surface area (Å²) in [6.07, 6.45) is 1.12. The summed E-state index contributed by atoms with van der Waals surface area (Å²) in [4.78, 5) is 1.13. The lowest BCUT2D eigenvalue weighted by molar-refractivity contribution is 0.174. The van der Waals surface area contributed by atoms with Crippen LogP contribution in [0, 0.1) is 5.82 Å². The number of aliphatic hydroxyl groups excluding tert-OH is 1. The molecule has 1 unspecified atom stereocenters. The average Bonchev–Trinajstić information content (AvgIpc) is 3.18. The van der Waals surface area contributed by atoms with Crippen LogP contribution in [-0.4, -0.2) is 21.8 Å². The van der Waals surface area contributed by atoms with E-state index in [0.717, 1.165) is 16.1 Å². The second-order valence-corrected chi connectivity index (χ2v) is 5.89. The Kier molecular flexibility index (Phi) is 6.29. The molecule has 2 heterocycles. The zero-order chi connectivity index (χ0) is 15.4. The fraction of sp³-hybridized carbons (Fsp3) is 0.188. The maximum atomic E-state index is 12.9. The lowest BCUT2D eigenvalue weighted by atomic mass is 10.1. The van der Waals surface area contributed by atoms with Crippen LogP contribution in [0.25, 0.3) is 10.6 Å². The van der Waals surface area contributed by atoms with Crippen molar-refractivity contribution in [3.05, 3.63) is 64.9 Å². The summed E-state index contributed by atoms with van der Waals surface area (Å²) in [6.45, 7) is 0.989. The fourth-order valence-corrected chi connectivity index (χ4v) is 2.98. The minimum atomic E-state index is -0.669. The normalized spacial score (nSPS) is 11.9. The topological polar surface area (TPSA) is 60.9 Å². The largest absolute Gasteiger partial charge is 0.387 e. The van der Waals surface area contributed by atoms with E-state index < -0.39 is 6.10 Å². The van der Waals surface area contributed by atoms with Gasteiger partial charge in [0.25, 0.3) is 0 Å². The maximum Gasteiger partial charge on any atom is 0.123 e. The van der Waals surface area contributed by atoms with Crippen LogP contribution >= 0.6 is 23.7 Å². The van der Waals surface area contributed by atoms with Crippen LogP contribution < -0.4 is 5.32 Å². The highest BCUT2D eigenvalue weighted by Gasteiger charge is 2.10. The first-order valence-electron chi connectivity index (χ1n) is 6.94. The number of nitrogens with zero attached hydrogens (tertiary/aromatic N) is 1. The van der Waals surface area contributed by atoms with E-state index in [1.165, 1.54) is 12.1 Å². The van der Waals surface area contributed by atoms with Crippen molar-refractivity contribution in [1.29, 1.82) is 0 Å². The average molecular weight is 354 g/mol. The SMILES string of the molecule is Cl.OC(CNCc1cn[nH]c1-c1cccs1)c1ccc(F)cc1. The Morgan fingerprint density at radius 2 is 2.04 bits per heavy atom. The number of nitrogens with one attached hydrogen (secondary N) is 2. The van der Waals surface area contributed by atoms with E-state index in [4.69, 9.17) is 0 Å². The molecule has 3 aromatic rings. The second-order valence-electron chi connectivity index (χ2n) is 4.95. The van der Waals surface area contributed by atoms with Gasteiger partial charge in [-0.3, -0.25) is 5.10 Å². The first-order chi connectivity index (χ1) is 10.7. The Morgan fingerprint density at radius 1 is 1.26 bits per heavy atom. The van der Waals surface area contributed by atoms with E-state index in [0.29, 0.717) is 18.7 Å². The molecule has 3 rings (SSSR count). The molecule has 0 saturated carbocycles. The summed E-state index contributed by atoms with van der Waals surface area (Å²) >= 11 is 1.65. The first kappa shape index (κ1) is 17.6. The molecule has 1 atom stereocenters. The van der Waals surface area contributed by atoms with Gasteiger partial charge in [-0.15, -0.1) is 23.7 Å². The predicted molar refractivity (Wildman–Crippen MR) is 92.2 cm³/mol. The van der Waals surface area contributed by atoms with Crippen molar-refractivity contribution < 1.29 is 9.50 Å². The van der Waals surface area contributed by atoms with Crippen LogP contribution in [0.3, 0.4) is 0 Å². The summed E-state index contributed by atoms with van der Waals surface area (Å²) in [5.74, 6) is -0.303. The van der Waals surface area contributed by atoms with Crippen LogP contribution in [0.4, 0.5) is 4.39 Å². The predicted octanol–water partition coefficient (Wildman–Crippen LogP) is 3.52. The number of hydrogen-bond donors (Lipinski definition) is 3. The molecule has 23 heavy (non-hydrogen) atoms. The third-order valence-electron chi connectivity index (χ3n) is 3.39. The van der Waals surface area contributed by atoms with E-state index in [1.807, 2.05) is 17.5 Å². The Bertz CT molecular complexity index is 715. The van der Waals surface area contributed by atoms with Gasteiger partial charge < -0.3 is 10.4 Å². The number of benzene rings is 1. The fourth-order valence-electron chi connectivity index (χ4n) is 2.23. The van der Waals surface area contributed by atoms with Crippen molar-refractivity contribution in [3.63, 3.8) is 0 Å². The molecule has 4 nitrogen and oxygen atoms in total. The number of aliphatic hydroxyl groups is 1. The number of hydrogen-bond acceptors (Lipinski definition) is 4. The van der Waals surface area contributed by atoms with E-state index >= 15 is 0 Å². The smallest absolute Gasteiger partial charge is 0.123 e. The molecule has 0 saturated heterocycles. The van der Waals surface area contributed by atoms with Crippen LogP contribution in [0.1, 0.15) is 17.2 Å². The molecule has 0 bridgehead atoms. The van der Waals surface area contributed by atoms with Crippen LogP contribution in [0.15, 0.2) is 48.0 Å². The molecule has 0 aliphatic rings. The highest BCUT2D eigenvalue weighted by molar-refractivity contribution is 7.13. The van der Waals surface area contributed by atoms with Gasteiger partial charge in [0.1, 0.15) is 5.82 Å². The number of halogens is 2. The van der Waals surface area contributed by atoms with Crippen LogP contribution in [-0.2, 0) is 6.54 Å². The molecule has 0 fully saturated rings. The Labute approximate surface area is 143 Å². The minimum absolute atomic E-state index is 0. The lowest BCUT2D eigenvalue weighted by Gasteiger charge is -2.12. The van der Waals surface area contributed by atoms with E-state index in [-0.39, 0.29) is 18.2 Å². The number of thiophene rings is 1. The van der Waals surface area contributed by atoms with E-state index in [9.17, 15) is 9.50 Å². The molecule has 2 aromatic heterocycles. The molecule has 3 N–H and O–H groups in total. The van der Waals surface area contributed by atoms with Gasteiger partial charge in [0.2, 0.25) is 0 Å². The van der Waals surface area contributed by atoms with Gasteiger partial charge in [-0.05, 0) is 29.1 Å². The zero-order valence-electron chi connectivity index (χ0n) is 12.2. The van der Waals surface area contributed by atoms with Gasteiger partial charge in [0.05, 0.1) is 22.9 Å².